The number of halogens is 2. The molecule has 0 unspecified atom stereocenters. The molecule has 1 aromatic heterocycles. The molecule has 14 heavy (non-hydrogen) atoms. The largest absolute Gasteiger partial charge is 0.392 e. The molecule has 0 aliphatic carbocycles. The lowest BCUT2D eigenvalue weighted by Gasteiger charge is -2.02. The van der Waals surface area contributed by atoms with Crippen molar-refractivity contribution in [2.24, 2.45) is 7.05 Å². The van der Waals surface area contributed by atoms with Crippen molar-refractivity contribution in [2.45, 2.75) is 6.61 Å². The Balaban J connectivity index is 2.87. The van der Waals surface area contributed by atoms with Crippen LogP contribution in [0.5, 0.6) is 0 Å². The van der Waals surface area contributed by atoms with E-state index >= 15 is 0 Å². The van der Waals surface area contributed by atoms with E-state index in [1.807, 2.05) is 6.07 Å². The van der Waals surface area contributed by atoms with Crippen LogP contribution in [0, 0.1) is 0 Å². The highest BCUT2D eigenvalue weighted by atomic mass is 35.5. The number of aliphatic hydroxyl groups excluding tert-OH is 1. The van der Waals surface area contributed by atoms with Crippen LogP contribution in [0.3, 0.4) is 0 Å². The van der Waals surface area contributed by atoms with E-state index in [0.29, 0.717) is 15.7 Å². The molecule has 2 rings (SSSR count). The Hall–Kier alpha value is -0.770. The molecule has 0 spiro atoms. The molecule has 0 fully saturated rings. The number of nitrogens with zero attached hydrogens (tertiary/aromatic N) is 2. The van der Waals surface area contributed by atoms with Crippen LogP contribution in [0.25, 0.3) is 10.9 Å². The van der Waals surface area contributed by atoms with Gasteiger partial charge in [0.15, 0.2) is 5.15 Å². The summed E-state index contributed by atoms with van der Waals surface area (Å²) >= 11 is 12.0. The van der Waals surface area contributed by atoms with Crippen molar-refractivity contribution < 1.29 is 5.11 Å². The molecule has 0 saturated carbocycles. The summed E-state index contributed by atoms with van der Waals surface area (Å²) in [6, 6.07) is 3.56. The standard InChI is InChI=1S/C9H8Cl2N2O/c1-13-8-6(9(11)12-13)3-2-5(4-14)7(8)10/h2-3,14H,4H2,1H3. The minimum Gasteiger partial charge on any atom is -0.392 e. The molecule has 0 radical (unpaired) electrons. The summed E-state index contributed by atoms with van der Waals surface area (Å²) in [7, 11) is 1.77. The molecule has 0 amide bonds. The Morgan fingerprint density at radius 1 is 1.43 bits per heavy atom. The van der Waals surface area contributed by atoms with E-state index in [9.17, 15) is 0 Å². The second kappa shape index (κ2) is 3.42. The molecule has 1 aromatic carbocycles. The topological polar surface area (TPSA) is 38.0 Å². The zero-order valence-electron chi connectivity index (χ0n) is 7.46. The molecule has 0 atom stereocenters. The summed E-state index contributed by atoms with van der Waals surface area (Å²) in [5.41, 5.74) is 1.43. The van der Waals surface area contributed by atoms with Crippen LogP contribution in [0.2, 0.25) is 10.2 Å². The summed E-state index contributed by atoms with van der Waals surface area (Å²) in [5, 5.41) is 14.8. The van der Waals surface area contributed by atoms with E-state index < -0.39 is 0 Å². The maximum atomic E-state index is 9.03. The molecule has 0 saturated heterocycles. The van der Waals surface area contributed by atoms with Crippen molar-refractivity contribution in [1.29, 1.82) is 0 Å². The minimum atomic E-state index is -0.0857. The summed E-state index contributed by atoms with van der Waals surface area (Å²) in [6.07, 6.45) is 0. The average molecular weight is 231 g/mol. The van der Waals surface area contributed by atoms with Gasteiger partial charge in [0.25, 0.3) is 0 Å². The highest BCUT2D eigenvalue weighted by molar-refractivity contribution is 6.39. The fourth-order valence-electron chi connectivity index (χ4n) is 1.45. The normalized spacial score (nSPS) is 11.1. The Bertz CT molecular complexity index is 493. The third-order valence-electron chi connectivity index (χ3n) is 2.15. The zero-order valence-corrected chi connectivity index (χ0v) is 8.97. The van der Waals surface area contributed by atoms with Gasteiger partial charge >= 0.3 is 0 Å². The summed E-state index contributed by atoms with van der Waals surface area (Å²) in [5.74, 6) is 0. The second-order valence-corrected chi connectivity index (χ2v) is 3.74. The number of rotatable bonds is 1. The minimum absolute atomic E-state index is 0.0857. The Labute approximate surface area is 90.9 Å². The summed E-state index contributed by atoms with van der Waals surface area (Å²) < 4.78 is 1.61. The van der Waals surface area contributed by atoms with Crippen molar-refractivity contribution >= 4 is 34.1 Å². The number of hydrogen-bond acceptors (Lipinski definition) is 2. The van der Waals surface area contributed by atoms with Crippen molar-refractivity contribution in [2.75, 3.05) is 0 Å². The van der Waals surface area contributed by atoms with Gasteiger partial charge in [0.1, 0.15) is 0 Å². The van der Waals surface area contributed by atoms with Gasteiger partial charge in [0.05, 0.1) is 17.1 Å². The third-order valence-corrected chi connectivity index (χ3v) is 2.85. The van der Waals surface area contributed by atoms with Crippen molar-refractivity contribution in [3.63, 3.8) is 0 Å². The monoisotopic (exact) mass is 230 g/mol. The zero-order chi connectivity index (χ0) is 10.3. The maximum absolute atomic E-state index is 9.03. The quantitative estimate of drug-likeness (QED) is 0.818. The van der Waals surface area contributed by atoms with Crippen LogP contribution in [-0.4, -0.2) is 14.9 Å². The molecular formula is C9H8Cl2N2O. The van der Waals surface area contributed by atoms with E-state index in [1.165, 1.54) is 0 Å². The van der Waals surface area contributed by atoms with E-state index in [0.717, 1.165) is 10.9 Å². The summed E-state index contributed by atoms with van der Waals surface area (Å²) in [4.78, 5) is 0. The van der Waals surface area contributed by atoms with Gasteiger partial charge in [0.2, 0.25) is 0 Å². The van der Waals surface area contributed by atoms with Crippen LogP contribution in [0.1, 0.15) is 5.56 Å². The number of hydrogen-bond donors (Lipinski definition) is 1. The second-order valence-electron chi connectivity index (χ2n) is 3.01. The maximum Gasteiger partial charge on any atom is 0.158 e. The highest BCUT2D eigenvalue weighted by Crippen LogP contribution is 2.30. The van der Waals surface area contributed by atoms with E-state index in [1.54, 1.807) is 17.8 Å². The van der Waals surface area contributed by atoms with E-state index in [4.69, 9.17) is 28.3 Å². The van der Waals surface area contributed by atoms with Gasteiger partial charge < -0.3 is 5.11 Å². The van der Waals surface area contributed by atoms with Crippen LogP contribution in [0.4, 0.5) is 0 Å². The Morgan fingerprint density at radius 3 is 2.79 bits per heavy atom. The predicted molar refractivity (Wildman–Crippen MR) is 56.7 cm³/mol. The van der Waals surface area contributed by atoms with Crippen molar-refractivity contribution in [3.05, 3.63) is 27.9 Å². The van der Waals surface area contributed by atoms with Gasteiger partial charge in [-0.2, -0.15) is 5.10 Å². The number of aryl methyl sites for hydroxylation is 1. The first-order valence-corrected chi connectivity index (χ1v) is 4.81. The smallest absolute Gasteiger partial charge is 0.158 e. The Morgan fingerprint density at radius 2 is 2.14 bits per heavy atom. The number of aromatic nitrogens is 2. The molecule has 74 valence electrons. The fourth-order valence-corrected chi connectivity index (χ4v) is 2.06. The molecule has 0 aliphatic heterocycles. The van der Waals surface area contributed by atoms with Gasteiger partial charge in [-0.25, -0.2) is 0 Å². The molecule has 5 heteroatoms. The van der Waals surface area contributed by atoms with Gasteiger partial charge in [-0.05, 0) is 11.6 Å². The van der Waals surface area contributed by atoms with Crippen LogP contribution in [-0.2, 0) is 13.7 Å². The lowest BCUT2D eigenvalue weighted by molar-refractivity contribution is 0.282. The number of benzene rings is 1. The highest BCUT2D eigenvalue weighted by Gasteiger charge is 2.12. The van der Waals surface area contributed by atoms with Gasteiger partial charge in [0, 0.05) is 12.4 Å². The van der Waals surface area contributed by atoms with E-state index in [2.05, 4.69) is 5.10 Å². The first kappa shape index (κ1) is 9.77. The number of fused-ring (bicyclic) bond motifs is 1. The van der Waals surface area contributed by atoms with Crippen LogP contribution >= 0.6 is 23.2 Å². The molecule has 1 heterocycles. The van der Waals surface area contributed by atoms with Crippen molar-refractivity contribution in [3.8, 4) is 0 Å². The third kappa shape index (κ3) is 1.29. The van der Waals surface area contributed by atoms with Crippen molar-refractivity contribution in [1.82, 2.24) is 9.78 Å². The van der Waals surface area contributed by atoms with Gasteiger partial charge in [-0.15, -0.1) is 0 Å². The van der Waals surface area contributed by atoms with Crippen LogP contribution < -0.4 is 0 Å². The molecule has 2 aromatic rings. The fraction of sp³-hybridized carbons (Fsp3) is 0.222. The predicted octanol–water partition coefficient (Wildman–Crippen LogP) is 2.37. The average Bonchev–Trinajstić information content (AvgIpc) is 2.44. The molecular weight excluding hydrogens is 223 g/mol. The first-order valence-electron chi connectivity index (χ1n) is 4.05. The van der Waals surface area contributed by atoms with E-state index in [-0.39, 0.29) is 6.61 Å². The first-order chi connectivity index (χ1) is 6.65. The lowest BCUT2D eigenvalue weighted by atomic mass is 10.2. The lowest BCUT2D eigenvalue weighted by Crippen LogP contribution is -1.92. The molecule has 0 aliphatic rings. The van der Waals surface area contributed by atoms with Crippen LogP contribution in [0.15, 0.2) is 12.1 Å². The molecule has 0 bridgehead atoms. The summed E-state index contributed by atoms with van der Waals surface area (Å²) in [6.45, 7) is -0.0857. The molecule has 3 nitrogen and oxygen atoms in total. The van der Waals surface area contributed by atoms with Gasteiger partial charge in [-0.3, -0.25) is 4.68 Å². The Kier molecular flexibility index (Phi) is 2.39. The van der Waals surface area contributed by atoms with Gasteiger partial charge in [-0.1, -0.05) is 29.3 Å². The molecule has 1 N–H and O–H groups in total. The SMILES string of the molecule is Cn1nc(Cl)c2ccc(CO)c(Cl)c21. The number of aliphatic hydroxyl groups is 1.